The number of aryl methyl sites for hydroxylation is 1. The van der Waals surface area contributed by atoms with Gasteiger partial charge in [0, 0.05) is 66.1 Å². The van der Waals surface area contributed by atoms with Crippen LogP contribution in [0.2, 0.25) is 0 Å². The topological polar surface area (TPSA) is 69.0 Å². The highest BCUT2D eigenvalue weighted by Gasteiger charge is 2.30. The van der Waals surface area contributed by atoms with Crippen LogP contribution in [0.25, 0.3) is 0 Å². The number of carbonyl (C=O) groups excluding carboxylic acids is 1. The number of halogens is 1. The molecule has 1 aromatic rings. The number of likely N-dealkylation sites (tertiary alicyclic amines) is 1. The number of piperazine rings is 1. The standard InChI is InChI=1S/C19H33N7O.HI/c1-16(18(27)25-8-4-5-9-25)24-10-12-26(13-11-24)19(20-2)21-7-6-17-14-22-23(3)15-17;/h14-16H,4-13H2,1-3H3,(H,20,21);1H. The molecule has 1 atom stereocenters. The first-order chi connectivity index (χ1) is 13.1. The molecule has 2 aliphatic rings. The van der Waals surface area contributed by atoms with Crippen LogP contribution in [-0.2, 0) is 18.3 Å². The summed E-state index contributed by atoms with van der Waals surface area (Å²) in [5, 5.41) is 7.66. The van der Waals surface area contributed by atoms with Crippen molar-refractivity contribution in [2.75, 3.05) is 52.9 Å². The third-order valence-electron chi connectivity index (χ3n) is 5.60. The normalized spacial score (nSPS) is 19.5. The number of nitrogens with one attached hydrogen (secondary N) is 1. The van der Waals surface area contributed by atoms with E-state index in [1.54, 1.807) is 0 Å². The molecule has 2 fully saturated rings. The van der Waals surface area contributed by atoms with E-state index < -0.39 is 0 Å². The van der Waals surface area contributed by atoms with Gasteiger partial charge in [0.15, 0.2) is 5.96 Å². The maximum absolute atomic E-state index is 12.6. The van der Waals surface area contributed by atoms with Crippen LogP contribution in [0.15, 0.2) is 17.4 Å². The summed E-state index contributed by atoms with van der Waals surface area (Å²) in [6, 6.07) is -0.0224. The summed E-state index contributed by atoms with van der Waals surface area (Å²) in [5.41, 5.74) is 1.22. The van der Waals surface area contributed by atoms with E-state index in [4.69, 9.17) is 0 Å². The molecule has 3 heterocycles. The van der Waals surface area contributed by atoms with E-state index in [0.29, 0.717) is 5.91 Å². The number of rotatable bonds is 5. The number of hydrogen-bond acceptors (Lipinski definition) is 4. The van der Waals surface area contributed by atoms with Crippen molar-refractivity contribution in [2.45, 2.75) is 32.2 Å². The molecule has 0 spiro atoms. The van der Waals surface area contributed by atoms with Crippen molar-refractivity contribution < 1.29 is 4.79 Å². The Morgan fingerprint density at radius 3 is 2.43 bits per heavy atom. The zero-order chi connectivity index (χ0) is 19.2. The molecule has 2 saturated heterocycles. The fourth-order valence-electron chi connectivity index (χ4n) is 3.93. The molecule has 2 aliphatic heterocycles. The quantitative estimate of drug-likeness (QED) is 0.366. The first-order valence-electron chi connectivity index (χ1n) is 10.0. The van der Waals surface area contributed by atoms with Crippen molar-refractivity contribution >= 4 is 35.8 Å². The van der Waals surface area contributed by atoms with Gasteiger partial charge in [0.2, 0.25) is 5.91 Å². The Morgan fingerprint density at radius 1 is 1.18 bits per heavy atom. The minimum Gasteiger partial charge on any atom is -0.356 e. The second-order valence-corrected chi connectivity index (χ2v) is 7.48. The molecular weight excluding hydrogens is 469 g/mol. The van der Waals surface area contributed by atoms with E-state index in [0.717, 1.165) is 71.0 Å². The highest BCUT2D eigenvalue weighted by molar-refractivity contribution is 14.0. The fourth-order valence-corrected chi connectivity index (χ4v) is 3.93. The third kappa shape index (κ3) is 5.82. The van der Waals surface area contributed by atoms with Gasteiger partial charge in [-0.3, -0.25) is 19.4 Å². The molecule has 1 amide bonds. The maximum atomic E-state index is 12.6. The predicted molar refractivity (Wildman–Crippen MR) is 122 cm³/mol. The van der Waals surface area contributed by atoms with E-state index in [2.05, 4.69) is 32.1 Å². The van der Waals surface area contributed by atoms with E-state index in [9.17, 15) is 4.79 Å². The van der Waals surface area contributed by atoms with E-state index in [1.807, 2.05) is 36.1 Å². The molecule has 1 unspecified atom stereocenters. The van der Waals surface area contributed by atoms with Crippen LogP contribution < -0.4 is 5.32 Å². The summed E-state index contributed by atoms with van der Waals surface area (Å²) < 4.78 is 1.83. The maximum Gasteiger partial charge on any atom is 0.239 e. The van der Waals surface area contributed by atoms with Gasteiger partial charge >= 0.3 is 0 Å². The van der Waals surface area contributed by atoms with Crippen LogP contribution in [0.5, 0.6) is 0 Å². The van der Waals surface area contributed by atoms with E-state index >= 15 is 0 Å². The van der Waals surface area contributed by atoms with Gasteiger partial charge in [-0.2, -0.15) is 5.10 Å². The summed E-state index contributed by atoms with van der Waals surface area (Å²) in [6.07, 6.45) is 7.17. The van der Waals surface area contributed by atoms with E-state index in [-0.39, 0.29) is 30.0 Å². The summed E-state index contributed by atoms with van der Waals surface area (Å²) in [5.74, 6) is 1.23. The average Bonchev–Trinajstić information content (AvgIpc) is 3.36. The minimum absolute atomic E-state index is 0. The van der Waals surface area contributed by atoms with Gasteiger partial charge in [-0.25, -0.2) is 0 Å². The van der Waals surface area contributed by atoms with Gasteiger partial charge in [0.05, 0.1) is 12.2 Å². The monoisotopic (exact) mass is 503 g/mol. The minimum atomic E-state index is -0.0224. The van der Waals surface area contributed by atoms with Crippen molar-refractivity contribution in [1.82, 2.24) is 29.8 Å². The molecule has 0 bridgehead atoms. The molecule has 28 heavy (non-hydrogen) atoms. The zero-order valence-corrected chi connectivity index (χ0v) is 19.6. The highest BCUT2D eigenvalue weighted by atomic mass is 127. The van der Waals surface area contributed by atoms with Crippen molar-refractivity contribution in [2.24, 2.45) is 12.0 Å². The molecule has 0 radical (unpaired) electrons. The fraction of sp³-hybridized carbons (Fsp3) is 0.737. The van der Waals surface area contributed by atoms with Gasteiger partial charge in [-0.1, -0.05) is 0 Å². The van der Waals surface area contributed by atoms with Crippen molar-refractivity contribution in [3.8, 4) is 0 Å². The highest BCUT2D eigenvalue weighted by Crippen LogP contribution is 2.14. The SMILES string of the molecule is CN=C(NCCc1cnn(C)c1)N1CCN(C(C)C(=O)N2CCCC2)CC1.I. The number of aliphatic imine (C=N–C) groups is 1. The lowest BCUT2D eigenvalue weighted by atomic mass is 10.2. The number of carbonyl (C=O) groups is 1. The first-order valence-corrected chi connectivity index (χ1v) is 10.0. The number of aromatic nitrogens is 2. The van der Waals surface area contributed by atoms with Crippen LogP contribution >= 0.6 is 24.0 Å². The van der Waals surface area contributed by atoms with Crippen LogP contribution in [0.4, 0.5) is 0 Å². The van der Waals surface area contributed by atoms with Crippen LogP contribution in [0.1, 0.15) is 25.3 Å². The summed E-state index contributed by atoms with van der Waals surface area (Å²) >= 11 is 0. The Kier molecular flexibility index (Phi) is 9.00. The van der Waals surface area contributed by atoms with Gasteiger partial charge in [-0.15, -0.1) is 24.0 Å². The molecule has 0 aromatic carbocycles. The Morgan fingerprint density at radius 2 is 1.86 bits per heavy atom. The smallest absolute Gasteiger partial charge is 0.239 e. The van der Waals surface area contributed by atoms with Gasteiger partial charge in [0.1, 0.15) is 0 Å². The zero-order valence-electron chi connectivity index (χ0n) is 17.3. The van der Waals surface area contributed by atoms with Crippen molar-refractivity contribution in [1.29, 1.82) is 0 Å². The molecule has 1 N–H and O–H groups in total. The molecule has 0 aliphatic carbocycles. The molecule has 158 valence electrons. The Bertz CT molecular complexity index is 648. The molecule has 3 rings (SSSR count). The van der Waals surface area contributed by atoms with Crippen molar-refractivity contribution in [3.05, 3.63) is 18.0 Å². The van der Waals surface area contributed by atoms with E-state index in [1.165, 1.54) is 5.56 Å². The lowest BCUT2D eigenvalue weighted by molar-refractivity contribution is -0.135. The Hall–Kier alpha value is -1.36. The van der Waals surface area contributed by atoms with Gasteiger partial charge in [0.25, 0.3) is 0 Å². The number of hydrogen-bond donors (Lipinski definition) is 1. The van der Waals surface area contributed by atoms with Crippen LogP contribution in [-0.4, -0.2) is 95.2 Å². The van der Waals surface area contributed by atoms with Gasteiger partial charge in [-0.05, 0) is 31.7 Å². The van der Waals surface area contributed by atoms with Gasteiger partial charge < -0.3 is 15.1 Å². The number of amides is 1. The van der Waals surface area contributed by atoms with Crippen LogP contribution in [0, 0.1) is 0 Å². The molecule has 9 heteroatoms. The average molecular weight is 503 g/mol. The second kappa shape index (κ2) is 11.0. The lowest BCUT2D eigenvalue weighted by Crippen LogP contribution is -2.57. The summed E-state index contributed by atoms with van der Waals surface area (Å²) in [6.45, 7) is 8.31. The molecular formula is C19H34IN7O. The summed E-state index contributed by atoms with van der Waals surface area (Å²) in [7, 11) is 3.77. The molecule has 1 aromatic heterocycles. The Balaban J connectivity index is 0.00000280. The third-order valence-corrected chi connectivity index (χ3v) is 5.60. The van der Waals surface area contributed by atoms with Crippen molar-refractivity contribution in [3.63, 3.8) is 0 Å². The molecule has 0 saturated carbocycles. The number of guanidine groups is 1. The Labute approximate surface area is 185 Å². The second-order valence-electron chi connectivity index (χ2n) is 7.48. The lowest BCUT2D eigenvalue weighted by Gasteiger charge is -2.39. The largest absolute Gasteiger partial charge is 0.356 e. The summed E-state index contributed by atoms with van der Waals surface area (Å²) in [4.78, 5) is 23.7. The first kappa shape index (κ1) is 22.9. The number of nitrogens with zero attached hydrogens (tertiary/aromatic N) is 6. The van der Waals surface area contributed by atoms with Crippen LogP contribution in [0.3, 0.4) is 0 Å². The molecule has 8 nitrogen and oxygen atoms in total. The predicted octanol–water partition coefficient (Wildman–Crippen LogP) is 0.785.